The number of benzene rings is 1. The number of hydrogen-bond acceptors (Lipinski definition) is 9. The number of rotatable bonds is 5. The Bertz CT molecular complexity index is 1140. The highest BCUT2D eigenvalue weighted by Crippen LogP contribution is 2.33. The number of amides is 1. The van der Waals surface area contributed by atoms with E-state index in [1.165, 1.54) is 0 Å². The number of carbonyl (C=O) groups is 1. The topological polar surface area (TPSA) is 94.9 Å². The molecule has 33 heavy (non-hydrogen) atoms. The molecule has 2 aliphatic rings. The predicted molar refractivity (Wildman–Crippen MR) is 136 cm³/mol. The van der Waals surface area contributed by atoms with E-state index in [-0.39, 0.29) is 11.7 Å². The molecule has 0 spiro atoms. The Balaban J connectivity index is 1.44. The first-order valence-electron chi connectivity index (χ1n) is 11.0. The van der Waals surface area contributed by atoms with Crippen molar-refractivity contribution < 1.29 is 14.6 Å². The summed E-state index contributed by atoms with van der Waals surface area (Å²) in [6.45, 7) is 6.80. The van der Waals surface area contributed by atoms with Gasteiger partial charge in [-0.15, -0.1) is 11.3 Å². The van der Waals surface area contributed by atoms with Crippen LogP contribution in [0.25, 0.3) is 21.7 Å². The minimum absolute atomic E-state index is 0.184. The maximum Gasteiger partial charge on any atom is 0.232 e. The van der Waals surface area contributed by atoms with Crippen LogP contribution in [0.15, 0.2) is 24.3 Å². The number of ether oxygens (including phenoxy) is 1. The van der Waals surface area contributed by atoms with Crippen molar-refractivity contribution in [1.82, 2.24) is 24.8 Å². The first-order valence-corrected chi connectivity index (χ1v) is 13.3. The number of carbonyl (C=O) groups excluding carboxylic acids is 1. The summed E-state index contributed by atoms with van der Waals surface area (Å²) in [6, 6.07) is 7.00. The van der Waals surface area contributed by atoms with Gasteiger partial charge in [0.2, 0.25) is 5.91 Å². The van der Waals surface area contributed by atoms with E-state index in [1.54, 1.807) is 29.5 Å². The molecule has 2 aliphatic heterocycles. The van der Waals surface area contributed by atoms with E-state index in [0.29, 0.717) is 29.1 Å². The SMILES string of the molecule is O=C(CI)N1CCN(Cc2nc3nc(-c4cccc(O)c4)nc(N4CCOCC4)c3s2)CC1. The van der Waals surface area contributed by atoms with Crippen molar-refractivity contribution >= 4 is 56.0 Å². The molecule has 1 N–H and O–H groups in total. The highest BCUT2D eigenvalue weighted by molar-refractivity contribution is 14.1. The first-order chi connectivity index (χ1) is 16.1. The lowest BCUT2D eigenvalue weighted by Gasteiger charge is -2.33. The van der Waals surface area contributed by atoms with Crippen LogP contribution in [0, 0.1) is 0 Å². The molecule has 0 radical (unpaired) electrons. The summed E-state index contributed by atoms with van der Waals surface area (Å²) in [5.41, 5.74) is 1.44. The summed E-state index contributed by atoms with van der Waals surface area (Å²) < 4.78 is 7.05. The van der Waals surface area contributed by atoms with Gasteiger partial charge in [0.15, 0.2) is 17.3 Å². The van der Waals surface area contributed by atoms with Crippen molar-refractivity contribution in [3.63, 3.8) is 0 Å². The largest absolute Gasteiger partial charge is 0.508 e. The number of phenols is 1. The summed E-state index contributed by atoms with van der Waals surface area (Å²) in [5.74, 6) is 1.83. The number of nitrogens with zero attached hydrogens (tertiary/aromatic N) is 6. The normalized spacial score (nSPS) is 17.6. The first kappa shape index (κ1) is 22.7. The molecule has 2 aromatic heterocycles. The molecule has 0 saturated carbocycles. The van der Waals surface area contributed by atoms with Gasteiger partial charge in [-0.25, -0.2) is 15.0 Å². The van der Waals surface area contributed by atoms with Gasteiger partial charge >= 0.3 is 0 Å². The fourth-order valence-electron chi connectivity index (χ4n) is 4.12. The smallest absolute Gasteiger partial charge is 0.232 e. The van der Waals surface area contributed by atoms with E-state index < -0.39 is 0 Å². The van der Waals surface area contributed by atoms with Crippen LogP contribution < -0.4 is 4.90 Å². The summed E-state index contributed by atoms with van der Waals surface area (Å²) in [6.07, 6.45) is 0. The van der Waals surface area contributed by atoms with Gasteiger partial charge in [0.25, 0.3) is 0 Å². The number of thiazole rings is 1. The van der Waals surface area contributed by atoms with Crippen LogP contribution in [0.1, 0.15) is 5.01 Å². The van der Waals surface area contributed by atoms with Gasteiger partial charge in [0.05, 0.1) is 24.2 Å². The summed E-state index contributed by atoms with van der Waals surface area (Å²) >= 11 is 3.76. The van der Waals surface area contributed by atoms with Gasteiger partial charge in [-0.05, 0) is 12.1 Å². The van der Waals surface area contributed by atoms with Crippen molar-refractivity contribution in [1.29, 1.82) is 0 Å². The molecule has 1 amide bonds. The third-order valence-electron chi connectivity index (χ3n) is 5.89. The van der Waals surface area contributed by atoms with Crippen molar-refractivity contribution in [3.8, 4) is 17.1 Å². The number of anilines is 1. The summed E-state index contributed by atoms with van der Waals surface area (Å²) in [7, 11) is 0. The third kappa shape index (κ3) is 5.05. The number of fused-ring (bicyclic) bond motifs is 1. The number of aromatic hydroxyl groups is 1. The Morgan fingerprint density at radius 3 is 2.61 bits per heavy atom. The van der Waals surface area contributed by atoms with Gasteiger partial charge in [-0.1, -0.05) is 34.7 Å². The molecule has 1 aromatic carbocycles. The van der Waals surface area contributed by atoms with Gasteiger partial charge in [0, 0.05) is 44.8 Å². The number of aromatic nitrogens is 3. The van der Waals surface area contributed by atoms with Crippen LogP contribution in [0.5, 0.6) is 5.75 Å². The number of piperazine rings is 1. The Labute approximate surface area is 209 Å². The van der Waals surface area contributed by atoms with Crippen molar-refractivity contribution in [2.45, 2.75) is 6.54 Å². The number of hydrogen-bond donors (Lipinski definition) is 1. The molecule has 11 heteroatoms. The molecule has 9 nitrogen and oxygen atoms in total. The molecular weight excluding hydrogens is 555 g/mol. The highest BCUT2D eigenvalue weighted by Gasteiger charge is 2.24. The fraction of sp³-hybridized carbons (Fsp3) is 0.455. The quantitative estimate of drug-likeness (QED) is 0.364. The molecule has 4 heterocycles. The molecular formula is C22H25IN6O3S. The number of halogens is 1. The molecule has 5 rings (SSSR count). The standard InChI is InChI=1S/C22H25IN6O3S/c23-13-18(31)28-6-4-27(5-7-28)14-17-24-21-19(33-17)22(29-8-10-32-11-9-29)26-20(25-21)15-2-1-3-16(30)12-15/h1-3,12,30H,4-11,13-14H2. The average molecular weight is 580 g/mol. The number of phenolic OH excluding ortho intramolecular Hbond substituents is 1. The van der Waals surface area contributed by atoms with Gasteiger partial charge in [0.1, 0.15) is 15.5 Å². The van der Waals surface area contributed by atoms with Gasteiger partial charge in [-0.3, -0.25) is 9.69 Å². The molecule has 174 valence electrons. The van der Waals surface area contributed by atoms with E-state index >= 15 is 0 Å². The molecule has 2 fully saturated rings. The van der Waals surface area contributed by atoms with Crippen LogP contribution >= 0.6 is 33.9 Å². The number of alkyl halides is 1. The average Bonchev–Trinajstić information content (AvgIpc) is 3.26. The van der Waals surface area contributed by atoms with E-state index in [2.05, 4.69) is 32.4 Å². The summed E-state index contributed by atoms with van der Waals surface area (Å²) in [4.78, 5) is 33.0. The van der Waals surface area contributed by atoms with Crippen LogP contribution in [0.2, 0.25) is 0 Å². The second kappa shape index (κ2) is 10.0. The molecule has 0 bridgehead atoms. The Kier molecular flexibility index (Phi) is 6.90. The molecule has 0 aliphatic carbocycles. The van der Waals surface area contributed by atoms with Crippen molar-refractivity contribution in [3.05, 3.63) is 29.3 Å². The second-order valence-corrected chi connectivity index (χ2v) is 9.92. The zero-order chi connectivity index (χ0) is 22.8. The monoisotopic (exact) mass is 580 g/mol. The molecule has 3 aromatic rings. The minimum atomic E-state index is 0.184. The van der Waals surface area contributed by atoms with Crippen LogP contribution in [0.4, 0.5) is 5.82 Å². The van der Waals surface area contributed by atoms with Crippen molar-refractivity contribution in [2.75, 3.05) is 61.8 Å². The molecule has 2 saturated heterocycles. The summed E-state index contributed by atoms with van der Waals surface area (Å²) in [5, 5.41) is 10.9. The fourth-order valence-corrected chi connectivity index (χ4v) is 5.66. The van der Waals surface area contributed by atoms with Crippen LogP contribution in [-0.4, -0.2) is 92.7 Å². The predicted octanol–water partition coefficient (Wildman–Crippen LogP) is 2.37. The third-order valence-corrected chi connectivity index (χ3v) is 7.57. The second-order valence-electron chi connectivity index (χ2n) is 8.07. The molecule has 0 unspecified atom stereocenters. The highest BCUT2D eigenvalue weighted by atomic mass is 127. The van der Waals surface area contributed by atoms with Crippen LogP contribution in [-0.2, 0) is 16.1 Å². The lowest BCUT2D eigenvalue weighted by molar-refractivity contribution is -0.129. The lowest BCUT2D eigenvalue weighted by Crippen LogP contribution is -2.48. The molecule has 0 atom stereocenters. The van der Waals surface area contributed by atoms with Gasteiger partial charge in [-0.2, -0.15) is 0 Å². The van der Waals surface area contributed by atoms with Crippen LogP contribution in [0.3, 0.4) is 0 Å². The maximum absolute atomic E-state index is 12.0. The van der Waals surface area contributed by atoms with E-state index in [1.807, 2.05) is 11.0 Å². The Morgan fingerprint density at radius 2 is 1.88 bits per heavy atom. The van der Waals surface area contributed by atoms with E-state index in [9.17, 15) is 9.90 Å². The van der Waals surface area contributed by atoms with E-state index in [4.69, 9.17) is 19.7 Å². The maximum atomic E-state index is 12.0. The van der Waals surface area contributed by atoms with Crippen molar-refractivity contribution in [2.24, 2.45) is 0 Å². The number of morpholine rings is 1. The zero-order valence-electron chi connectivity index (χ0n) is 18.1. The Morgan fingerprint density at radius 1 is 1.09 bits per heavy atom. The zero-order valence-corrected chi connectivity index (χ0v) is 21.1. The van der Waals surface area contributed by atoms with E-state index in [0.717, 1.165) is 66.9 Å². The van der Waals surface area contributed by atoms with Gasteiger partial charge < -0.3 is 19.6 Å². The Hall–Kier alpha value is -2.09. The minimum Gasteiger partial charge on any atom is -0.508 e. The lowest BCUT2D eigenvalue weighted by atomic mass is 10.2.